The average molecular weight is 319 g/mol. The third-order valence-corrected chi connectivity index (χ3v) is 5.10. The van der Waals surface area contributed by atoms with Crippen molar-refractivity contribution in [3.63, 3.8) is 0 Å². The van der Waals surface area contributed by atoms with E-state index in [2.05, 4.69) is 22.1 Å². The molecular weight excluding hydrogens is 298 g/mol. The molecule has 3 aromatic rings. The fourth-order valence-corrected chi connectivity index (χ4v) is 3.50. The highest BCUT2D eigenvalue weighted by atomic mass is 16.2. The summed E-state index contributed by atoms with van der Waals surface area (Å²) in [6.07, 6.45) is 8.35. The Bertz CT molecular complexity index is 865. The molecular formula is C20H21N3O. The van der Waals surface area contributed by atoms with Gasteiger partial charge in [0.25, 0.3) is 0 Å². The first kappa shape index (κ1) is 14.9. The lowest BCUT2D eigenvalue weighted by molar-refractivity contribution is -0.132. The van der Waals surface area contributed by atoms with Gasteiger partial charge in [0, 0.05) is 43.1 Å². The quantitative estimate of drug-likeness (QED) is 0.784. The van der Waals surface area contributed by atoms with Gasteiger partial charge < -0.3 is 9.88 Å². The Kier molecular flexibility index (Phi) is 3.60. The molecule has 4 rings (SSSR count). The van der Waals surface area contributed by atoms with Gasteiger partial charge in [-0.05, 0) is 48.6 Å². The summed E-state index contributed by atoms with van der Waals surface area (Å²) in [5.41, 5.74) is 3.14. The van der Waals surface area contributed by atoms with Gasteiger partial charge in [-0.2, -0.15) is 0 Å². The zero-order chi connectivity index (χ0) is 16.6. The number of para-hydroxylation sites is 1. The Morgan fingerprint density at radius 2 is 1.96 bits per heavy atom. The first-order chi connectivity index (χ1) is 11.7. The number of amides is 1. The molecule has 0 spiro atoms. The number of H-pyrrole nitrogens is 1. The summed E-state index contributed by atoms with van der Waals surface area (Å²) < 4.78 is 0. The number of aromatic nitrogens is 2. The largest absolute Gasteiger partial charge is 0.361 e. The molecule has 0 aliphatic heterocycles. The summed E-state index contributed by atoms with van der Waals surface area (Å²) >= 11 is 0. The van der Waals surface area contributed by atoms with Crippen molar-refractivity contribution in [3.8, 4) is 0 Å². The fourth-order valence-electron chi connectivity index (χ4n) is 3.50. The Labute approximate surface area is 141 Å². The lowest BCUT2D eigenvalue weighted by atomic mass is 9.94. The van der Waals surface area contributed by atoms with E-state index in [1.54, 1.807) is 12.4 Å². The standard InChI is InChI=1S/C20H21N3O/c1-23(13-8-15-6-11-21-12-7-15)19(24)20(9-10-20)17-14-22-18-5-3-2-4-16(17)18/h2-7,11-12,14,22H,8-10,13H2,1H3. The molecule has 122 valence electrons. The van der Waals surface area contributed by atoms with Crippen LogP contribution in [0.2, 0.25) is 0 Å². The molecule has 0 unspecified atom stereocenters. The normalized spacial score (nSPS) is 15.4. The van der Waals surface area contributed by atoms with Crippen molar-refractivity contribution in [1.29, 1.82) is 0 Å². The van der Waals surface area contributed by atoms with Crippen LogP contribution in [-0.2, 0) is 16.6 Å². The highest BCUT2D eigenvalue weighted by molar-refractivity contribution is 5.97. The topological polar surface area (TPSA) is 49.0 Å². The Morgan fingerprint density at radius 3 is 2.71 bits per heavy atom. The van der Waals surface area contributed by atoms with Crippen molar-refractivity contribution in [2.24, 2.45) is 0 Å². The molecule has 1 aliphatic carbocycles. The second-order valence-electron chi connectivity index (χ2n) is 6.66. The van der Waals surface area contributed by atoms with Gasteiger partial charge in [0.05, 0.1) is 5.41 Å². The third kappa shape index (κ3) is 2.48. The van der Waals surface area contributed by atoms with Crippen LogP contribution in [0.25, 0.3) is 10.9 Å². The van der Waals surface area contributed by atoms with Gasteiger partial charge in [-0.1, -0.05) is 18.2 Å². The molecule has 0 atom stereocenters. The number of pyridine rings is 1. The Balaban J connectivity index is 1.53. The molecule has 4 heteroatoms. The van der Waals surface area contributed by atoms with Crippen molar-refractivity contribution in [2.75, 3.05) is 13.6 Å². The first-order valence-electron chi connectivity index (χ1n) is 8.42. The average Bonchev–Trinajstić information content (AvgIpc) is 3.32. The zero-order valence-electron chi connectivity index (χ0n) is 13.8. The van der Waals surface area contributed by atoms with Crippen LogP contribution >= 0.6 is 0 Å². The Hall–Kier alpha value is -2.62. The van der Waals surface area contributed by atoms with Crippen molar-refractivity contribution in [3.05, 3.63) is 66.1 Å². The van der Waals surface area contributed by atoms with E-state index in [4.69, 9.17) is 0 Å². The maximum atomic E-state index is 13.1. The molecule has 1 amide bonds. The first-order valence-corrected chi connectivity index (χ1v) is 8.42. The minimum Gasteiger partial charge on any atom is -0.361 e. The van der Waals surface area contributed by atoms with Crippen LogP contribution in [0.4, 0.5) is 0 Å². The highest BCUT2D eigenvalue weighted by Crippen LogP contribution is 2.51. The van der Waals surface area contributed by atoms with E-state index in [0.717, 1.165) is 36.9 Å². The van der Waals surface area contributed by atoms with Crippen molar-refractivity contribution in [2.45, 2.75) is 24.7 Å². The molecule has 1 N–H and O–H groups in total. The number of carbonyl (C=O) groups is 1. The lowest BCUT2D eigenvalue weighted by Crippen LogP contribution is -2.37. The zero-order valence-corrected chi connectivity index (χ0v) is 13.8. The number of hydrogen-bond donors (Lipinski definition) is 1. The van der Waals surface area contributed by atoms with Gasteiger partial charge in [-0.15, -0.1) is 0 Å². The van der Waals surface area contributed by atoms with Crippen LogP contribution in [0.15, 0.2) is 55.0 Å². The number of rotatable bonds is 5. The molecule has 1 fully saturated rings. The van der Waals surface area contributed by atoms with Crippen LogP contribution in [0.3, 0.4) is 0 Å². The van der Waals surface area contributed by atoms with Gasteiger partial charge in [0.2, 0.25) is 5.91 Å². The summed E-state index contributed by atoms with van der Waals surface area (Å²) in [5.74, 6) is 0.237. The van der Waals surface area contributed by atoms with Gasteiger partial charge in [-0.25, -0.2) is 0 Å². The molecule has 1 saturated carbocycles. The number of hydrogen-bond acceptors (Lipinski definition) is 2. The van der Waals surface area contributed by atoms with Crippen molar-refractivity contribution in [1.82, 2.24) is 14.9 Å². The van der Waals surface area contributed by atoms with Crippen LogP contribution in [-0.4, -0.2) is 34.4 Å². The smallest absolute Gasteiger partial charge is 0.233 e. The lowest BCUT2D eigenvalue weighted by Gasteiger charge is -2.23. The van der Waals surface area contributed by atoms with Crippen LogP contribution in [0.1, 0.15) is 24.0 Å². The molecule has 1 aromatic carbocycles. The fraction of sp³-hybridized carbons (Fsp3) is 0.300. The van der Waals surface area contributed by atoms with Crippen LogP contribution < -0.4 is 0 Å². The molecule has 0 bridgehead atoms. The number of nitrogens with one attached hydrogen (secondary N) is 1. The highest BCUT2D eigenvalue weighted by Gasteiger charge is 2.53. The predicted molar refractivity (Wildman–Crippen MR) is 94.8 cm³/mol. The maximum absolute atomic E-state index is 13.1. The summed E-state index contributed by atoms with van der Waals surface area (Å²) in [4.78, 5) is 22.3. The molecule has 2 aromatic heterocycles. The molecule has 0 saturated heterocycles. The Morgan fingerprint density at radius 1 is 1.21 bits per heavy atom. The van der Waals surface area contributed by atoms with E-state index in [9.17, 15) is 4.79 Å². The SMILES string of the molecule is CN(CCc1ccncc1)C(=O)C1(c2c[nH]c3ccccc23)CC1. The molecule has 24 heavy (non-hydrogen) atoms. The minimum atomic E-state index is -0.327. The number of benzene rings is 1. The summed E-state index contributed by atoms with van der Waals surface area (Å²) in [6, 6.07) is 12.2. The minimum absolute atomic E-state index is 0.237. The predicted octanol–water partition coefficient (Wildman–Crippen LogP) is 3.30. The molecule has 2 heterocycles. The monoisotopic (exact) mass is 319 g/mol. The van der Waals surface area contributed by atoms with E-state index in [1.807, 2.05) is 42.4 Å². The number of fused-ring (bicyclic) bond motifs is 1. The van der Waals surface area contributed by atoms with E-state index >= 15 is 0 Å². The summed E-state index contributed by atoms with van der Waals surface area (Å²) in [5, 5.41) is 1.17. The summed E-state index contributed by atoms with van der Waals surface area (Å²) in [7, 11) is 1.92. The van der Waals surface area contributed by atoms with E-state index in [-0.39, 0.29) is 11.3 Å². The van der Waals surface area contributed by atoms with Crippen molar-refractivity contribution < 1.29 is 4.79 Å². The maximum Gasteiger partial charge on any atom is 0.233 e. The number of nitrogens with zero attached hydrogens (tertiary/aromatic N) is 2. The van der Waals surface area contributed by atoms with E-state index in [0.29, 0.717) is 0 Å². The molecule has 1 aliphatic rings. The molecule has 0 radical (unpaired) electrons. The van der Waals surface area contributed by atoms with Crippen LogP contribution in [0, 0.1) is 0 Å². The number of likely N-dealkylation sites (N-methyl/N-ethyl adjacent to an activating group) is 1. The van der Waals surface area contributed by atoms with Gasteiger partial charge >= 0.3 is 0 Å². The second kappa shape index (κ2) is 5.78. The second-order valence-corrected chi connectivity index (χ2v) is 6.66. The summed E-state index contributed by atoms with van der Waals surface area (Å²) in [6.45, 7) is 0.729. The van der Waals surface area contributed by atoms with Gasteiger partial charge in [-0.3, -0.25) is 9.78 Å². The van der Waals surface area contributed by atoms with Gasteiger partial charge in [0.1, 0.15) is 0 Å². The van der Waals surface area contributed by atoms with Crippen molar-refractivity contribution >= 4 is 16.8 Å². The number of aromatic amines is 1. The van der Waals surface area contributed by atoms with E-state index in [1.165, 1.54) is 10.9 Å². The number of carbonyl (C=O) groups excluding carboxylic acids is 1. The third-order valence-electron chi connectivity index (χ3n) is 5.10. The van der Waals surface area contributed by atoms with E-state index < -0.39 is 0 Å². The van der Waals surface area contributed by atoms with Crippen LogP contribution in [0.5, 0.6) is 0 Å². The molecule has 4 nitrogen and oxygen atoms in total. The van der Waals surface area contributed by atoms with Gasteiger partial charge in [0.15, 0.2) is 0 Å².